The van der Waals surface area contributed by atoms with E-state index < -0.39 is 43.5 Å². The van der Waals surface area contributed by atoms with Crippen LogP contribution in [0.3, 0.4) is 0 Å². The van der Waals surface area contributed by atoms with E-state index in [1.807, 2.05) is 0 Å². The summed E-state index contributed by atoms with van der Waals surface area (Å²) in [6.45, 7) is 0. The second-order valence-corrected chi connectivity index (χ2v) is 7.22. The molecule has 1 N–H and O–H groups in total. The number of anilines is 1. The van der Waals surface area contributed by atoms with Gasteiger partial charge in [-0.05, 0) is 11.5 Å². The predicted molar refractivity (Wildman–Crippen MR) is 78.0 cm³/mol. The van der Waals surface area contributed by atoms with Crippen molar-refractivity contribution in [3.8, 4) is 0 Å². The minimum absolute atomic E-state index is 0.116. The van der Waals surface area contributed by atoms with Crippen LogP contribution in [0.2, 0.25) is 0 Å². The second kappa shape index (κ2) is 6.40. The van der Waals surface area contributed by atoms with E-state index in [0.717, 1.165) is 12.1 Å². The highest BCUT2D eigenvalue weighted by molar-refractivity contribution is 7.93. The number of fused-ring (bicyclic) bond motifs is 1. The standard InChI is InChI=1S/C14H8F9NO3S/c15-11(16,13(19,20)21)12(17,18)14(22,23)28(26,27)24(25)10-7-3-5-8-4-1-2-6-9(8)10/h1-7,25H. The molecule has 2 aromatic carbocycles. The third-order valence-electron chi connectivity index (χ3n) is 3.64. The largest absolute Gasteiger partial charge is 0.460 e. The molecular formula is C14H8F9NO3S. The first kappa shape index (κ1) is 22.1. The Hall–Kier alpha value is -2.22. The number of rotatable bonds is 5. The molecule has 0 aromatic heterocycles. The molecule has 0 spiro atoms. The summed E-state index contributed by atoms with van der Waals surface area (Å²) in [5.74, 6) is -14.9. The smallest absolute Gasteiger partial charge is 0.274 e. The summed E-state index contributed by atoms with van der Waals surface area (Å²) in [4.78, 5) is 0. The number of hydrogen-bond donors (Lipinski definition) is 1. The van der Waals surface area contributed by atoms with E-state index in [0.29, 0.717) is 6.07 Å². The van der Waals surface area contributed by atoms with Gasteiger partial charge < -0.3 is 0 Å². The van der Waals surface area contributed by atoms with Crippen molar-refractivity contribution in [1.82, 2.24) is 0 Å². The molecule has 2 aromatic rings. The number of sulfonamides is 1. The predicted octanol–water partition coefficient (Wildman–Crippen LogP) is 4.79. The SMILES string of the molecule is O=S(=O)(N(O)c1cccc2ccccc12)C(F)(F)C(F)(F)C(F)(F)C(F)(F)F. The molecule has 0 saturated carbocycles. The Bertz CT molecular complexity index is 984. The van der Waals surface area contributed by atoms with Crippen molar-refractivity contribution >= 4 is 26.5 Å². The summed E-state index contributed by atoms with van der Waals surface area (Å²) in [6, 6.07) is 7.93. The van der Waals surface area contributed by atoms with Crippen LogP contribution in [0.25, 0.3) is 10.8 Å². The zero-order valence-corrected chi connectivity index (χ0v) is 13.9. The molecule has 28 heavy (non-hydrogen) atoms. The Morgan fingerprint density at radius 2 is 1.25 bits per heavy atom. The Morgan fingerprint density at radius 3 is 1.79 bits per heavy atom. The van der Waals surface area contributed by atoms with Gasteiger partial charge in [0.1, 0.15) is 0 Å². The highest BCUT2D eigenvalue weighted by atomic mass is 32.2. The normalized spacial score (nSPS) is 14.4. The molecule has 2 rings (SSSR count). The van der Waals surface area contributed by atoms with Crippen LogP contribution >= 0.6 is 0 Å². The van der Waals surface area contributed by atoms with Crippen LogP contribution in [-0.2, 0) is 10.0 Å². The quantitative estimate of drug-likeness (QED) is 0.536. The Kier molecular flexibility index (Phi) is 5.05. The van der Waals surface area contributed by atoms with Gasteiger partial charge in [-0.25, -0.2) is 0 Å². The molecule has 14 heteroatoms. The molecule has 0 atom stereocenters. The van der Waals surface area contributed by atoms with Crippen LogP contribution in [-0.4, -0.2) is 36.9 Å². The first-order valence-corrected chi connectivity index (χ1v) is 8.36. The van der Waals surface area contributed by atoms with Gasteiger partial charge in [-0.1, -0.05) is 36.4 Å². The molecule has 4 nitrogen and oxygen atoms in total. The molecule has 0 aliphatic carbocycles. The molecule has 156 valence electrons. The maximum atomic E-state index is 13.8. The van der Waals surface area contributed by atoms with Crippen molar-refractivity contribution in [1.29, 1.82) is 0 Å². The fraction of sp³-hybridized carbons (Fsp3) is 0.286. The molecular weight excluding hydrogens is 433 g/mol. The lowest BCUT2D eigenvalue weighted by Gasteiger charge is -2.34. The highest BCUT2D eigenvalue weighted by Gasteiger charge is 2.86. The summed E-state index contributed by atoms with van der Waals surface area (Å²) in [5.41, 5.74) is -1.07. The lowest BCUT2D eigenvalue weighted by Crippen LogP contribution is -2.65. The Morgan fingerprint density at radius 1 is 0.750 bits per heavy atom. The van der Waals surface area contributed by atoms with Gasteiger partial charge in [0.05, 0.1) is 5.69 Å². The van der Waals surface area contributed by atoms with Gasteiger partial charge in [0.25, 0.3) is 0 Å². The van der Waals surface area contributed by atoms with E-state index in [2.05, 4.69) is 0 Å². The second-order valence-electron chi connectivity index (χ2n) is 5.41. The molecule has 0 bridgehead atoms. The summed E-state index contributed by atoms with van der Waals surface area (Å²) in [7, 11) is -7.16. The van der Waals surface area contributed by atoms with Crippen molar-refractivity contribution in [3.05, 3.63) is 42.5 Å². The molecule has 0 saturated heterocycles. The van der Waals surface area contributed by atoms with E-state index in [4.69, 9.17) is 0 Å². The summed E-state index contributed by atoms with van der Waals surface area (Å²) in [5, 5.41) is 2.40. The zero-order chi connectivity index (χ0) is 21.8. The van der Waals surface area contributed by atoms with Crippen LogP contribution < -0.4 is 4.47 Å². The summed E-state index contributed by atoms with van der Waals surface area (Å²) >= 11 is 0. The Labute approximate surface area is 150 Å². The van der Waals surface area contributed by atoms with E-state index in [9.17, 15) is 53.1 Å². The minimum Gasteiger partial charge on any atom is -0.274 e. The van der Waals surface area contributed by atoms with Crippen molar-refractivity contribution in [2.75, 3.05) is 4.47 Å². The van der Waals surface area contributed by atoms with Gasteiger partial charge in [-0.15, -0.1) is 4.47 Å². The first-order chi connectivity index (χ1) is 12.5. The number of alkyl halides is 9. The fourth-order valence-corrected chi connectivity index (χ4v) is 3.22. The van der Waals surface area contributed by atoms with Crippen LogP contribution in [0.4, 0.5) is 45.2 Å². The van der Waals surface area contributed by atoms with Crippen molar-refractivity contribution in [3.63, 3.8) is 0 Å². The first-order valence-electron chi connectivity index (χ1n) is 6.92. The van der Waals surface area contributed by atoms with Gasteiger partial charge in [-0.2, -0.15) is 47.9 Å². The zero-order valence-electron chi connectivity index (χ0n) is 13.1. The van der Waals surface area contributed by atoms with Gasteiger partial charge in [0.2, 0.25) is 0 Å². The molecule has 0 amide bonds. The van der Waals surface area contributed by atoms with Gasteiger partial charge in [0, 0.05) is 5.39 Å². The number of nitrogens with zero attached hydrogens (tertiary/aromatic N) is 1. The van der Waals surface area contributed by atoms with Crippen LogP contribution in [0, 0.1) is 0 Å². The monoisotopic (exact) mass is 441 g/mol. The van der Waals surface area contributed by atoms with Crippen molar-refractivity contribution in [2.45, 2.75) is 23.3 Å². The molecule has 0 heterocycles. The van der Waals surface area contributed by atoms with E-state index in [1.54, 1.807) is 0 Å². The van der Waals surface area contributed by atoms with E-state index >= 15 is 0 Å². The average molecular weight is 441 g/mol. The van der Waals surface area contributed by atoms with Crippen LogP contribution in [0.15, 0.2) is 42.5 Å². The minimum atomic E-state index is -7.44. The van der Waals surface area contributed by atoms with Gasteiger partial charge >= 0.3 is 33.3 Å². The average Bonchev–Trinajstić information content (AvgIpc) is 2.59. The van der Waals surface area contributed by atoms with E-state index in [1.165, 1.54) is 24.3 Å². The van der Waals surface area contributed by atoms with Crippen molar-refractivity contribution in [2.24, 2.45) is 0 Å². The molecule has 0 radical (unpaired) electrons. The summed E-state index contributed by atoms with van der Waals surface area (Å²) in [6.07, 6.45) is -7.20. The van der Waals surface area contributed by atoms with Crippen LogP contribution in [0.1, 0.15) is 0 Å². The lowest BCUT2D eigenvalue weighted by atomic mass is 10.1. The lowest BCUT2D eigenvalue weighted by molar-refractivity contribution is -0.382. The molecule has 0 fully saturated rings. The fourth-order valence-electron chi connectivity index (χ4n) is 2.14. The third-order valence-corrected chi connectivity index (χ3v) is 5.20. The third kappa shape index (κ3) is 2.94. The summed E-state index contributed by atoms with van der Waals surface area (Å²) < 4.78 is 139. The molecule has 0 aliphatic heterocycles. The highest BCUT2D eigenvalue weighted by Crippen LogP contribution is 2.55. The van der Waals surface area contributed by atoms with Crippen molar-refractivity contribution < 1.29 is 53.1 Å². The molecule has 0 aliphatic rings. The number of benzene rings is 2. The van der Waals surface area contributed by atoms with Gasteiger partial charge in [-0.3, -0.25) is 5.21 Å². The maximum Gasteiger partial charge on any atom is 0.460 e. The molecule has 0 unspecified atom stereocenters. The topological polar surface area (TPSA) is 57.6 Å². The van der Waals surface area contributed by atoms with E-state index in [-0.39, 0.29) is 10.8 Å². The Balaban J connectivity index is 2.64. The maximum absolute atomic E-state index is 13.8. The van der Waals surface area contributed by atoms with Crippen LogP contribution in [0.5, 0.6) is 0 Å². The van der Waals surface area contributed by atoms with Gasteiger partial charge in [0.15, 0.2) is 0 Å². The number of halogens is 9. The number of hydrogen-bond acceptors (Lipinski definition) is 3.